The third-order valence-electron chi connectivity index (χ3n) is 4.71. The summed E-state index contributed by atoms with van der Waals surface area (Å²) in [4.78, 5) is 13.7. The topological polar surface area (TPSA) is 75.7 Å². The van der Waals surface area contributed by atoms with Gasteiger partial charge in [-0.05, 0) is 49.4 Å². The number of hydrogen-bond acceptors (Lipinski definition) is 5. The zero-order chi connectivity index (χ0) is 20.1. The van der Waals surface area contributed by atoms with Crippen LogP contribution >= 0.6 is 11.8 Å². The molecule has 0 spiro atoms. The van der Waals surface area contributed by atoms with Crippen LogP contribution in [-0.2, 0) is 10.0 Å². The van der Waals surface area contributed by atoms with E-state index in [1.54, 1.807) is 6.07 Å². The van der Waals surface area contributed by atoms with Gasteiger partial charge in [0.05, 0.1) is 12.8 Å². The van der Waals surface area contributed by atoms with Gasteiger partial charge in [-0.25, -0.2) is 8.42 Å². The first kappa shape index (κ1) is 20.7. The maximum Gasteiger partial charge on any atom is 0.255 e. The van der Waals surface area contributed by atoms with E-state index in [2.05, 4.69) is 5.32 Å². The van der Waals surface area contributed by atoms with Gasteiger partial charge in [0.1, 0.15) is 10.6 Å². The molecule has 0 unspecified atom stereocenters. The number of methoxy groups -OCH3 is 1. The second kappa shape index (κ2) is 8.98. The second-order valence-electron chi connectivity index (χ2n) is 6.48. The smallest absolute Gasteiger partial charge is 0.255 e. The van der Waals surface area contributed by atoms with Crippen LogP contribution in [0, 0.1) is 0 Å². The highest BCUT2D eigenvalue weighted by molar-refractivity contribution is 7.98. The van der Waals surface area contributed by atoms with Crippen molar-refractivity contribution in [1.82, 2.24) is 4.31 Å². The SMILES string of the molecule is COc1ccc(C(=O)Nc2ccccc2SC)cc1S(=O)(=O)N1CCCCC1. The molecule has 1 N–H and O–H groups in total. The molecule has 150 valence electrons. The normalized spacial score (nSPS) is 15.2. The van der Waals surface area contributed by atoms with E-state index in [9.17, 15) is 13.2 Å². The number of benzene rings is 2. The summed E-state index contributed by atoms with van der Waals surface area (Å²) < 4.78 is 33.0. The molecule has 1 aliphatic rings. The van der Waals surface area contributed by atoms with Crippen LogP contribution < -0.4 is 10.1 Å². The molecule has 1 saturated heterocycles. The third kappa shape index (κ3) is 4.34. The molecule has 1 aliphatic heterocycles. The average molecular weight is 421 g/mol. The lowest BCUT2D eigenvalue weighted by Crippen LogP contribution is -2.35. The fourth-order valence-electron chi connectivity index (χ4n) is 3.21. The van der Waals surface area contributed by atoms with Crippen molar-refractivity contribution in [3.05, 3.63) is 48.0 Å². The largest absolute Gasteiger partial charge is 0.495 e. The van der Waals surface area contributed by atoms with E-state index in [0.29, 0.717) is 18.8 Å². The summed E-state index contributed by atoms with van der Waals surface area (Å²) in [5.41, 5.74) is 0.962. The van der Waals surface area contributed by atoms with Gasteiger partial charge in [-0.3, -0.25) is 4.79 Å². The number of amides is 1. The predicted molar refractivity (Wildman–Crippen MR) is 112 cm³/mol. The van der Waals surface area contributed by atoms with Crippen LogP contribution in [0.25, 0.3) is 0 Å². The minimum Gasteiger partial charge on any atom is -0.495 e. The van der Waals surface area contributed by atoms with Crippen LogP contribution in [0.3, 0.4) is 0 Å². The van der Waals surface area contributed by atoms with Crippen LogP contribution in [0.2, 0.25) is 0 Å². The van der Waals surface area contributed by atoms with Crippen LogP contribution in [0.15, 0.2) is 52.3 Å². The molecule has 3 rings (SSSR count). The van der Waals surface area contributed by atoms with Gasteiger partial charge in [0.15, 0.2) is 0 Å². The molecular formula is C20H24N2O4S2. The molecule has 1 fully saturated rings. The average Bonchev–Trinajstić information content (AvgIpc) is 2.74. The predicted octanol–water partition coefficient (Wildman–Crippen LogP) is 3.84. The Balaban J connectivity index is 1.93. The highest BCUT2D eigenvalue weighted by Gasteiger charge is 2.29. The number of anilines is 1. The number of sulfonamides is 1. The van der Waals surface area contributed by atoms with E-state index in [-0.39, 0.29) is 22.1 Å². The van der Waals surface area contributed by atoms with Gasteiger partial charge < -0.3 is 10.1 Å². The number of carbonyl (C=O) groups excluding carboxylic acids is 1. The van der Waals surface area contributed by atoms with Crippen LogP contribution in [0.1, 0.15) is 29.6 Å². The van der Waals surface area contributed by atoms with Gasteiger partial charge in [0.25, 0.3) is 5.91 Å². The van der Waals surface area contributed by atoms with E-state index in [0.717, 1.165) is 24.2 Å². The van der Waals surface area contributed by atoms with E-state index in [1.807, 2.05) is 30.5 Å². The Morgan fingerprint density at radius 1 is 1.11 bits per heavy atom. The molecule has 28 heavy (non-hydrogen) atoms. The maximum atomic E-state index is 13.1. The van der Waals surface area contributed by atoms with Gasteiger partial charge in [0.2, 0.25) is 10.0 Å². The summed E-state index contributed by atoms with van der Waals surface area (Å²) >= 11 is 1.53. The van der Waals surface area contributed by atoms with Gasteiger partial charge in [0, 0.05) is 23.5 Å². The molecule has 0 aliphatic carbocycles. The van der Waals surface area contributed by atoms with Gasteiger partial charge >= 0.3 is 0 Å². The molecule has 2 aromatic carbocycles. The molecule has 8 heteroatoms. The van der Waals surface area contributed by atoms with E-state index in [1.165, 1.54) is 35.3 Å². The molecule has 0 atom stereocenters. The molecule has 0 saturated carbocycles. The van der Waals surface area contributed by atoms with Gasteiger partial charge in [-0.2, -0.15) is 4.31 Å². The Labute approximate surface area is 170 Å². The summed E-state index contributed by atoms with van der Waals surface area (Å²) in [6.45, 7) is 0.978. The maximum absolute atomic E-state index is 13.1. The summed E-state index contributed by atoms with van der Waals surface area (Å²) in [6, 6.07) is 12.0. The number of nitrogens with zero attached hydrogens (tertiary/aromatic N) is 1. The van der Waals surface area contributed by atoms with Crippen LogP contribution in [0.5, 0.6) is 5.75 Å². The molecule has 0 bridgehead atoms. The number of thioether (sulfide) groups is 1. The fraction of sp³-hybridized carbons (Fsp3) is 0.350. The second-order valence-corrected chi connectivity index (χ2v) is 9.24. The van der Waals surface area contributed by atoms with Crippen molar-refractivity contribution >= 4 is 33.4 Å². The molecule has 0 aromatic heterocycles. The summed E-state index contributed by atoms with van der Waals surface area (Å²) in [5.74, 6) is -0.120. The number of rotatable bonds is 6. The lowest BCUT2D eigenvalue weighted by Gasteiger charge is -2.26. The minimum absolute atomic E-state index is 0.0303. The Hall–Kier alpha value is -2.03. The lowest BCUT2D eigenvalue weighted by atomic mass is 10.2. The van der Waals surface area contributed by atoms with E-state index >= 15 is 0 Å². The number of carbonyl (C=O) groups is 1. The van der Waals surface area contributed by atoms with E-state index in [4.69, 9.17) is 4.74 Å². The first-order valence-corrected chi connectivity index (χ1v) is 11.8. The third-order valence-corrected chi connectivity index (χ3v) is 7.43. The van der Waals surface area contributed by atoms with Crippen molar-refractivity contribution in [2.24, 2.45) is 0 Å². The zero-order valence-electron chi connectivity index (χ0n) is 16.0. The number of nitrogens with one attached hydrogen (secondary N) is 1. The Bertz CT molecular complexity index is 954. The first-order valence-electron chi connectivity index (χ1n) is 9.10. The van der Waals surface area contributed by atoms with Crippen molar-refractivity contribution in [2.45, 2.75) is 29.1 Å². The first-order chi connectivity index (χ1) is 13.5. The van der Waals surface area contributed by atoms with Crippen molar-refractivity contribution < 1.29 is 17.9 Å². The van der Waals surface area contributed by atoms with Gasteiger partial charge in [-0.15, -0.1) is 11.8 Å². The highest BCUT2D eigenvalue weighted by atomic mass is 32.2. The zero-order valence-corrected chi connectivity index (χ0v) is 17.6. The molecular weight excluding hydrogens is 396 g/mol. The molecule has 2 aromatic rings. The molecule has 0 radical (unpaired) electrons. The highest BCUT2D eigenvalue weighted by Crippen LogP contribution is 2.30. The number of ether oxygens (including phenoxy) is 1. The van der Waals surface area contributed by atoms with E-state index < -0.39 is 10.0 Å². The van der Waals surface area contributed by atoms with Gasteiger partial charge in [-0.1, -0.05) is 18.6 Å². The molecule has 1 amide bonds. The van der Waals surface area contributed by atoms with Crippen molar-refractivity contribution in [2.75, 3.05) is 31.8 Å². The lowest BCUT2D eigenvalue weighted by molar-refractivity contribution is 0.102. The summed E-state index contributed by atoms with van der Waals surface area (Å²) in [7, 11) is -2.29. The standard InChI is InChI=1S/C20H24N2O4S2/c1-26-17-11-10-15(20(23)21-16-8-4-5-9-18(16)27-2)14-19(17)28(24,25)22-12-6-3-7-13-22/h4-5,8-11,14H,3,6-7,12-13H2,1-2H3,(H,21,23). The monoisotopic (exact) mass is 420 g/mol. The van der Waals surface area contributed by atoms with Crippen molar-refractivity contribution in [3.8, 4) is 5.75 Å². The van der Waals surface area contributed by atoms with Crippen LogP contribution in [-0.4, -0.2) is 45.1 Å². The summed E-state index contributed by atoms with van der Waals surface area (Å²) in [5, 5.41) is 2.86. The molecule has 1 heterocycles. The minimum atomic E-state index is -3.72. The number of piperidine rings is 1. The van der Waals surface area contributed by atoms with Crippen molar-refractivity contribution in [1.29, 1.82) is 0 Å². The molecule has 6 nitrogen and oxygen atoms in total. The summed E-state index contributed by atoms with van der Waals surface area (Å²) in [6.07, 6.45) is 4.64. The Morgan fingerprint density at radius 2 is 1.82 bits per heavy atom. The quantitative estimate of drug-likeness (QED) is 0.719. The Morgan fingerprint density at radius 3 is 2.50 bits per heavy atom. The fourth-order valence-corrected chi connectivity index (χ4v) is 5.46. The number of para-hydroxylation sites is 1. The number of hydrogen-bond donors (Lipinski definition) is 1. The Kier molecular flexibility index (Phi) is 6.64. The van der Waals surface area contributed by atoms with Crippen LogP contribution in [0.4, 0.5) is 5.69 Å². The van der Waals surface area contributed by atoms with Crippen molar-refractivity contribution in [3.63, 3.8) is 0 Å².